The molecule has 3 aromatic carbocycles. The normalized spacial score (nSPS) is 11.9. The van der Waals surface area contributed by atoms with Gasteiger partial charge in [0.05, 0.1) is 35.8 Å². The van der Waals surface area contributed by atoms with Crippen LogP contribution in [0, 0.1) is 5.82 Å². The molecule has 14 heteroatoms. The highest BCUT2D eigenvalue weighted by Gasteiger charge is 2.20. The molecule has 1 atom stereocenters. The molecule has 0 radical (unpaired) electrons. The maximum Gasteiger partial charge on any atom is 0.358 e. The predicted molar refractivity (Wildman–Crippen MR) is 189 cm³/mol. The highest BCUT2D eigenvalue weighted by molar-refractivity contribution is 5.99. The summed E-state index contributed by atoms with van der Waals surface area (Å²) in [6.45, 7) is 1.78. The molecule has 1 unspecified atom stereocenters. The predicted octanol–water partition coefficient (Wildman–Crippen LogP) is 5.06. The number of nitrogens with two attached hydrogens (primary N) is 1. The molecule has 7 aromatic rings. The minimum absolute atomic E-state index is 0.106. The van der Waals surface area contributed by atoms with Crippen LogP contribution < -0.4 is 21.1 Å². The van der Waals surface area contributed by atoms with Crippen LogP contribution in [0.25, 0.3) is 27.5 Å². The molecular weight excluding hydrogens is 655 g/mol. The number of rotatable bonds is 12. The van der Waals surface area contributed by atoms with Crippen molar-refractivity contribution in [3.05, 3.63) is 120 Å². The largest absolute Gasteiger partial charge is 0.466 e. The van der Waals surface area contributed by atoms with Crippen molar-refractivity contribution in [2.75, 3.05) is 23.8 Å². The van der Waals surface area contributed by atoms with Crippen molar-refractivity contribution < 1.29 is 28.2 Å². The number of nitrogens with zero attached hydrogens (tertiary/aromatic N) is 4. The van der Waals surface area contributed by atoms with E-state index in [1.165, 1.54) is 18.3 Å². The Morgan fingerprint density at radius 3 is 2.65 bits per heavy atom. The third-order valence-electron chi connectivity index (χ3n) is 8.26. The maximum absolute atomic E-state index is 13.6. The zero-order valence-corrected chi connectivity index (χ0v) is 27.4. The second-order valence-corrected chi connectivity index (χ2v) is 11.8. The van der Waals surface area contributed by atoms with Crippen LogP contribution in [0.15, 0.2) is 97.5 Å². The first-order chi connectivity index (χ1) is 24.7. The van der Waals surface area contributed by atoms with E-state index in [4.69, 9.17) is 15.2 Å². The van der Waals surface area contributed by atoms with Gasteiger partial charge >= 0.3 is 5.97 Å². The summed E-state index contributed by atoms with van der Waals surface area (Å²) in [4.78, 5) is 46.1. The number of halogens is 1. The molecule has 0 bridgehead atoms. The van der Waals surface area contributed by atoms with Crippen molar-refractivity contribution in [3.8, 4) is 5.88 Å². The molecule has 0 aliphatic heterocycles. The van der Waals surface area contributed by atoms with Gasteiger partial charge in [-0.3, -0.25) is 14.3 Å². The Morgan fingerprint density at radius 2 is 1.82 bits per heavy atom. The molecule has 0 aliphatic rings. The fourth-order valence-corrected chi connectivity index (χ4v) is 5.82. The number of aromatic nitrogens is 5. The quantitative estimate of drug-likeness (QED) is 0.129. The van der Waals surface area contributed by atoms with Crippen LogP contribution in [-0.4, -0.2) is 61.2 Å². The summed E-state index contributed by atoms with van der Waals surface area (Å²) < 4.78 is 27.9. The highest BCUT2D eigenvalue weighted by Crippen LogP contribution is 2.29. The van der Waals surface area contributed by atoms with E-state index in [2.05, 4.69) is 25.7 Å². The number of hydrogen-bond acceptors (Lipinski definition) is 8. The maximum atomic E-state index is 13.6. The standard InChI is InChI=1S/C37H33FN8O5/c1-2-50-37(49)31-20-45-15-5-8-30(34(45)43-31)42-33(47)21-51-36-27-17-25(13-14-32(27)46(44-36)19-22-9-11-24(38)12-10-22)41-35(48)28(39)16-23-18-40-29-7-4-3-6-26(23)29/h3-15,17-18,20,28,40H,2,16,19,21,39H2,1H3,(H,41,48)(H,42,47). The van der Waals surface area contributed by atoms with Gasteiger partial charge in [0.15, 0.2) is 17.9 Å². The summed E-state index contributed by atoms with van der Waals surface area (Å²) in [6, 6.07) is 21.6. The Hall–Kier alpha value is -6.54. The van der Waals surface area contributed by atoms with Gasteiger partial charge in [0, 0.05) is 35.2 Å². The van der Waals surface area contributed by atoms with Crippen molar-refractivity contribution in [1.82, 2.24) is 24.1 Å². The summed E-state index contributed by atoms with van der Waals surface area (Å²) in [5.74, 6) is -1.66. The number of fused-ring (bicyclic) bond motifs is 3. The number of aromatic amines is 1. The summed E-state index contributed by atoms with van der Waals surface area (Å²) in [7, 11) is 0. The van der Waals surface area contributed by atoms with Crippen molar-refractivity contribution >= 4 is 56.6 Å². The van der Waals surface area contributed by atoms with Crippen LogP contribution in [0.5, 0.6) is 5.88 Å². The van der Waals surface area contributed by atoms with Crippen molar-refractivity contribution in [1.29, 1.82) is 0 Å². The Morgan fingerprint density at radius 1 is 1.00 bits per heavy atom. The molecule has 0 fully saturated rings. The summed E-state index contributed by atoms with van der Waals surface area (Å²) in [5, 5.41) is 11.8. The Bertz CT molecular complexity index is 2400. The van der Waals surface area contributed by atoms with Crippen LogP contribution in [-0.2, 0) is 27.3 Å². The number of nitrogens with one attached hydrogen (secondary N) is 3. The number of carbonyl (C=O) groups is 3. The van der Waals surface area contributed by atoms with Crippen molar-refractivity contribution in [3.63, 3.8) is 0 Å². The molecule has 2 amide bonds. The van der Waals surface area contributed by atoms with E-state index in [9.17, 15) is 18.8 Å². The van der Waals surface area contributed by atoms with Crippen LogP contribution in [0.3, 0.4) is 0 Å². The van der Waals surface area contributed by atoms with E-state index in [1.54, 1.807) is 64.7 Å². The highest BCUT2D eigenvalue weighted by atomic mass is 19.1. The second-order valence-electron chi connectivity index (χ2n) is 11.8. The van der Waals surface area contributed by atoms with Crippen LogP contribution in [0.4, 0.5) is 15.8 Å². The lowest BCUT2D eigenvalue weighted by Crippen LogP contribution is -2.37. The number of benzene rings is 3. The first-order valence-corrected chi connectivity index (χ1v) is 16.2. The number of ether oxygens (including phenoxy) is 2. The van der Waals surface area contributed by atoms with Crippen LogP contribution in [0.2, 0.25) is 0 Å². The molecule has 13 nitrogen and oxygen atoms in total. The molecule has 258 valence electrons. The number of imidazole rings is 1. The van der Waals surface area contributed by atoms with Gasteiger partial charge in [-0.05, 0) is 73.0 Å². The number of pyridine rings is 1. The summed E-state index contributed by atoms with van der Waals surface area (Å²) in [6.07, 6.45) is 5.40. The Balaban J connectivity index is 1.10. The van der Waals surface area contributed by atoms with E-state index in [0.717, 1.165) is 22.0 Å². The van der Waals surface area contributed by atoms with E-state index in [1.807, 2.05) is 30.5 Å². The SMILES string of the molecule is CCOC(=O)c1cn2cccc(NC(=O)COc3nn(Cc4ccc(F)cc4)c4ccc(NC(=O)C(N)Cc5c[nH]c6ccccc56)cc34)c2n1. The first kappa shape index (κ1) is 33.0. The fraction of sp³-hybridized carbons (Fsp3) is 0.162. The molecule has 4 aromatic heterocycles. The lowest BCUT2D eigenvalue weighted by atomic mass is 10.0. The summed E-state index contributed by atoms with van der Waals surface area (Å²) >= 11 is 0. The Labute approximate surface area is 290 Å². The van der Waals surface area contributed by atoms with Gasteiger partial charge in [-0.1, -0.05) is 30.3 Å². The molecule has 0 aliphatic carbocycles. The fourth-order valence-electron chi connectivity index (χ4n) is 5.82. The third-order valence-corrected chi connectivity index (χ3v) is 8.26. The molecule has 0 saturated heterocycles. The van der Waals surface area contributed by atoms with Crippen molar-refractivity contribution in [2.45, 2.75) is 25.9 Å². The van der Waals surface area contributed by atoms with Gasteiger partial charge in [0.1, 0.15) is 5.82 Å². The smallest absolute Gasteiger partial charge is 0.358 e. The van der Waals surface area contributed by atoms with E-state index >= 15 is 0 Å². The van der Waals surface area contributed by atoms with Crippen LogP contribution >= 0.6 is 0 Å². The number of para-hydroxylation sites is 1. The molecule has 0 spiro atoms. The number of amides is 2. The van der Waals surface area contributed by atoms with Crippen molar-refractivity contribution in [2.24, 2.45) is 5.73 Å². The molecule has 0 saturated carbocycles. The number of anilines is 2. The molecular formula is C37H33FN8O5. The average Bonchev–Trinajstić information content (AvgIpc) is 3.84. The molecule has 4 heterocycles. The zero-order valence-electron chi connectivity index (χ0n) is 27.4. The van der Waals surface area contributed by atoms with Gasteiger partial charge < -0.3 is 35.2 Å². The number of hydrogen-bond donors (Lipinski definition) is 4. The number of H-pyrrole nitrogens is 1. The minimum atomic E-state index is -0.826. The van der Waals surface area contributed by atoms with E-state index in [-0.39, 0.29) is 36.4 Å². The topological polar surface area (TPSA) is 171 Å². The van der Waals surface area contributed by atoms with E-state index in [0.29, 0.717) is 34.3 Å². The lowest BCUT2D eigenvalue weighted by Gasteiger charge is -2.12. The molecule has 51 heavy (non-hydrogen) atoms. The zero-order chi connectivity index (χ0) is 35.5. The van der Waals surface area contributed by atoms with Gasteiger partial charge in [-0.2, -0.15) is 0 Å². The average molecular weight is 689 g/mol. The molecule has 5 N–H and O–H groups in total. The van der Waals surface area contributed by atoms with Gasteiger partial charge in [0.25, 0.3) is 5.91 Å². The lowest BCUT2D eigenvalue weighted by molar-refractivity contribution is -0.118. The summed E-state index contributed by atoms with van der Waals surface area (Å²) in [5.41, 5.74) is 11.0. The van der Waals surface area contributed by atoms with Crippen LogP contribution in [0.1, 0.15) is 28.5 Å². The second kappa shape index (κ2) is 14.1. The first-order valence-electron chi connectivity index (χ1n) is 16.2. The van der Waals surface area contributed by atoms with Gasteiger partial charge in [-0.15, -0.1) is 5.10 Å². The number of carbonyl (C=O) groups excluding carboxylic acids is 3. The molecule has 7 rings (SSSR count). The van der Waals surface area contributed by atoms with E-state index < -0.39 is 24.5 Å². The van der Waals surface area contributed by atoms with Gasteiger partial charge in [-0.25, -0.2) is 14.2 Å². The van der Waals surface area contributed by atoms with Gasteiger partial charge in [0.2, 0.25) is 11.8 Å². The Kier molecular flexibility index (Phi) is 9.14. The monoisotopic (exact) mass is 688 g/mol. The third kappa shape index (κ3) is 7.12. The minimum Gasteiger partial charge on any atom is -0.466 e. The number of esters is 1.